The fourth-order valence-electron chi connectivity index (χ4n) is 3.25. The Hall–Kier alpha value is -1.03. The maximum Gasteiger partial charge on any atom is 0.417 e. The van der Waals surface area contributed by atoms with Crippen LogP contribution in [0, 0.1) is 5.92 Å². The van der Waals surface area contributed by atoms with Gasteiger partial charge >= 0.3 is 12.4 Å². The average Bonchev–Trinajstić information content (AvgIpc) is 2.48. The zero-order valence-electron chi connectivity index (χ0n) is 12.8. The normalized spacial score (nSPS) is 35.5. The lowest BCUT2D eigenvalue weighted by Gasteiger charge is -2.38. The molecule has 0 aromatic heterocycles. The van der Waals surface area contributed by atoms with Gasteiger partial charge in [0.25, 0.3) is 0 Å². The standard InChI is InChI=1S/C14H20F6N2O2/c15-13(16,17)10-7-8(3-6-21-10)11(23)22-9-1-4-12(24,5-2-9)14(18,19)20/h8-10,21,24H,1-7H2,(H,22,23)/t8-,9-,10-,12-/m1/s1. The lowest BCUT2D eigenvalue weighted by atomic mass is 9.81. The van der Waals surface area contributed by atoms with Crippen LogP contribution in [0.1, 0.15) is 38.5 Å². The molecule has 0 radical (unpaired) electrons. The van der Waals surface area contributed by atoms with Crippen LogP contribution in [0.15, 0.2) is 0 Å². The lowest BCUT2D eigenvalue weighted by molar-refractivity contribution is -0.270. The second-order valence-electron chi connectivity index (χ2n) is 6.58. The van der Waals surface area contributed by atoms with E-state index in [9.17, 15) is 36.2 Å². The highest BCUT2D eigenvalue weighted by atomic mass is 19.4. The molecule has 3 N–H and O–H groups in total. The third-order valence-electron chi connectivity index (χ3n) is 4.86. The van der Waals surface area contributed by atoms with Gasteiger partial charge in [-0.25, -0.2) is 0 Å². The van der Waals surface area contributed by atoms with Crippen molar-refractivity contribution in [1.29, 1.82) is 0 Å². The Labute approximate surface area is 135 Å². The number of carbonyl (C=O) groups excluding carboxylic acids is 1. The number of amides is 1. The molecule has 2 atom stereocenters. The number of nitrogens with one attached hydrogen (secondary N) is 2. The SMILES string of the molecule is O=C(N[C@H]1CC[C@@](O)(C(F)(F)F)CC1)[C@@H]1CCN[C@@H](C(F)(F)F)C1. The van der Waals surface area contributed by atoms with E-state index in [0.29, 0.717) is 0 Å². The van der Waals surface area contributed by atoms with Gasteiger partial charge in [0, 0.05) is 12.0 Å². The Balaban J connectivity index is 1.86. The van der Waals surface area contributed by atoms with Gasteiger partial charge in [0.05, 0.1) is 0 Å². The van der Waals surface area contributed by atoms with Crippen molar-refractivity contribution >= 4 is 5.91 Å². The lowest BCUT2D eigenvalue weighted by Crippen LogP contribution is -2.54. The van der Waals surface area contributed by atoms with Gasteiger partial charge < -0.3 is 15.7 Å². The minimum absolute atomic E-state index is 0.0563. The quantitative estimate of drug-likeness (QED) is 0.661. The number of carbonyl (C=O) groups is 1. The van der Waals surface area contributed by atoms with Crippen LogP contribution < -0.4 is 10.6 Å². The number of rotatable bonds is 2. The van der Waals surface area contributed by atoms with E-state index in [1.807, 2.05) is 0 Å². The van der Waals surface area contributed by atoms with Gasteiger partial charge in [-0.2, -0.15) is 26.3 Å². The maximum atomic E-state index is 12.7. The van der Waals surface area contributed by atoms with Crippen LogP contribution in [0.2, 0.25) is 0 Å². The van der Waals surface area contributed by atoms with Gasteiger partial charge in [0.1, 0.15) is 6.04 Å². The predicted octanol–water partition coefficient (Wildman–Crippen LogP) is 2.27. The number of piperidine rings is 1. The second-order valence-corrected chi connectivity index (χ2v) is 6.58. The molecule has 1 aliphatic heterocycles. The summed E-state index contributed by atoms with van der Waals surface area (Å²) in [5.74, 6) is -1.38. The molecule has 0 unspecified atom stereocenters. The van der Waals surface area contributed by atoms with Crippen molar-refractivity contribution < 1.29 is 36.2 Å². The molecule has 2 rings (SSSR count). The minimum atomic E-state index is -4.73. The molecule has 24 heavy (non-hydrogen) atoms. The number of alkyl halides is 6. The van der Waals surface area contributed by atoms with Crippen molar-refractivity contribution in [3.05, 3.63) is 0 Å². The van der Waals surface area contributed by atoms with Crippen molar-refractivity contribution in [3.63, 3.8) is 0 Å². The van der Waals surface area contributed by atoms with Gasteiger partial charge in [-0.3, -0.25) is 4.79 Å². The van der Waals surface area contributed by atoms with Crippen molar-refractivity contribution in [2.45, 2.75) is 68.6 Å². The molecule has 1 amide bonds. The summed E-state index contributed by atoms with van der Waals surface area (Å²) in [6.45, 7) is 0.0563. The molecule has 1 heterocycles. The molecule has 2 fully saturated rings. The number of halogens is 6. The van der Waals surface area contributed by atoms with Crippen molar-refractivity contribution in [3.8, 4) is 0 Å². The van der Waals surface area contributed by atoms with E-state index in [-0.39, 0.29) is 32.2 Å². The molecule has 0 aromatic carbocycles. The molecule has 140 valence electrons. The number of aliphatic hydroxyl groups is 1. The summed E-state index contributed by atoms with van der Waals surface area (Å²) >= 11 is 0. The molecule has 4 nitrogen and oxygen atoms in total. The summed E-state index contributed by atoms with van der Waals surface area (Å²) in [4.78, 5) is 12.1. The molecular formula is C14H20F6N2O2. The Morgan fingerprint density at radius 3 is 2.17 bits per heavy atom. The average molecular weight is 362 g/mol. The Morgan fingerprint density at radius 1 is 1.08 bits per heavy atom. The van der Waals surface area contributed by atoms with E-state index in [1.54, 1.807) is 0 Å². The first-order valence-electron chi connectivity index (χ1n) is 7.82. The fraction of sp³-hybridized carbons (Fsp3) is 0.929. The van der Waals surface area contributed by atoms with Gasteiger partial charge in [-0.1, -0.05) is 0 Å². The Kier molecular flexibility index (Phi) is 5.39. The topological polar surface area (TPSA) is 61.4 Å². The Morgan fingerprint density at radius 2 is 1.67 bits per heavy atom. The van der Waals surface area contributed by atoms with Crippen LogP contribution in [0.3, 0.4) is 0 Å². The van der Waals surface area contributed by atoms with Crippen LogP contribution in [0.25, 0.3) is 0 Å². The first-order chi connectivity index (χ1) is 10.9. The molecule has 0 spiro atoms. The van der Waals surface area contributed by atoms with Crippen LogP contribution in [0.4, 0.5) is 26.3 Å². The molecule has 0 aromatic rings. The van der Waals surface area contributed by atoms with Crippen molar-refractivity contribution in [2.75, 3.05) is 6.54 Å². The highest BCUT2D eigenvalue weighted by Gasteiger charge is 2.54. The summed E-state index contributed by atoms with van der Waals surface area (Å²) in [5, 5.41) is 14.4. The summed E-state index contributed by atoms with van der Waals surface area (Å²) < 4.78 is 76.2. The summed E-state index contributed by atoms with van der Waals surface area (Å²) in [6, 6.07) is -2.30. The highest BCUT2D eigenvalue weighted by Crippen LogP contribution is 2.41. The van der Waals surface area contributed by atoms with Crippen LogP contribution in [0.5, 0.6) is 0 Å². The smallest absolute Gasteiger partial charge is 0.380 e. The first kappa shape index (κ1) is 19.3. The third-order valence-corrected chi connectivity index (χ3v) is 4.86. The monoisotopic (exact) mass is 362 g/mol. The highest BCUT2D eigenvalue weighted by molar-refractivity contribution is 5.79. The molecule has 0 bridgehead atoms. The van der Waals surface area contributed by atoms with Crippen LogP contribution >= 0.6 is 0 Å². The predicted molar refractivity (Wildman–Crippen MR) is 72.0 cm³/mol. The van der Waals surface area contributed by atoms with Crippen molar-refractivity contribution in [1.82, 2.24) is 10.6 Å². The molecule has 1 aliphatic carbocycles. The molecule has 10 heteroatoms. The Bertz CT molecular complexity index is 457. The molecule has 2 aliphatic rings. The van der Waals surface area contributed by atoms with E-state index in [2.05, 4.69) is 10.6 Å². The van der Waals surface area contributed by atoms with Gasteiger partial charge in [0.2, 0.25) is 5.91 Å². The largest absolute Gasteiger partial charge is 0.417 e. The first-order valence-corrected chi connectivity index (χ1v) is 7.82. The number of hydrogen-bond donors (Lipinski definition) is 3. The summed E-state index contributed by atoms with van der Waals surface area (Å²) in [6.07, 6.45) is -10.5. The van der Waals surface area contributed by atoms with E-state index >= 15 is 0 Å². The zero-order valence-corrected chi connectivity index (χ0v) is 12.8. The van der Waals surface area contributed by atoms with E-state index in [4.69, 9.17) is 0 Å². The summed E-state index contributed by atoms with van der Waals surface area (Å²) in [5.41, 5.74) is -2.75. The van der Waals surface area contributed by atoms with E-state index in [0.717, 1.165) is 0 Å². The van der Waals surface area contributed by atoms with Gasteiger partial charge in [-0.05, 0) is 45.1 Å². The minimum Gasteiger partial charge on any atom is -0.380 e. The zero-order chi connectivity index (χ0) is 18.2. The van der Waals surface area contributed by atoms with Gasteiger partial charge in [-0.15, -0.1) is 0 Å². The van der Waals surface area contributed by atoms with Crippen molar-refractivity contribution in [2.24, 2.45) is 5.92 Å². The van der Waals surface area contributed by atoms with Gasteiger partial charge in [0.15, 0.2) is 5.60 Å². The maximum absolute atomic E-state index is 12.7. The molecule has 1 saturated heterocycles. The summed E-state index contributed by atoms with van der Waals surface area (Å²) in [7, 11) is 0. The second kappa shape index (κ2) is 6.70. The van der Waals surface area contributed by atoms with E-state index in [1.165, 1.54) is 0 Å². The van der Waals surface area contributed by atoms with Crippen LogP contribution in [-0.2, 0) is 4.79 Å². The van der Waals surface area contributed by atoms with Crippen LogP contribution in [-0.4, -0.2) is 47.6 Å². The third kappa shape index (κ3) is 4.33. The molecule has 1 saturated carbocycles. The fourth-order valence-corrected chi connectivity index (χ4v) is 3.25. The molecular weight excluding hydrogens is 342 g/mol. The van der Waals surface area contributed by atoms with E-state index < -0.39 is 54.7 Å². The number of hydrogen-bond acceptors (Lipinski definition) is 3.